The number of carboxylic acid groups (broad SMARTS) is 1. The van der Waals surface area contributed by atoms with Crippen LogP contribution in [0, 0.1) is 0 Å². The minimum atomic E-state index is -4.77. The van der Waals surface area contributed by atoms with Crippen molar-refractivity contribution < 1.29 is 47.8 Å². The van der Waals surface area contributed by atoms with Crippen LogP contribution in [0.1, 0.15) is 206 Å². The fourth-order valence-electron chi connectivity index (χ4n) is 6.19. The number of aliphatic hydroxyl groups excluding tert-OH is 1. The van der Waals surface area contributed by atoms with E-state index in [1.54, 1.807) is 0 Å². The Morgan fingerprint density at radius 1 is 0.593 bits per heavy atom. The summed E-state index contributed by atoms with van der Waals surface area (Å²) in [5.74, 6) is -2.45. The number of phosphoric ester groups is 1. The van der Waals surface area contributed by atoms with Crippen molar-refractivity contribution in [2.24, 2.45) is 0 Å². The Hall–Kier alpha value is -1.78. The highest BCUT2D eigenvalue weighted by atomic mass is 31.2. The highest BCUT2D eigenvalue weighted by Crippen LogP contribution is 2.43. The molecule has 4 N–H and O–H groups in total. The van der Waals surface area contributed by atoms with Crippen LogP contribution in [0.4, 0.5) is 0 Å². The van der Waals surface area contributed by atoms with Gasteiger partial charge in [0.15, 0.2) is 6.04 Å². The van der Waals surface area contributed by atoms with Gasteiger partial charge in [0.25, 0.3) is 0 Å². The zero-order valence-electron chi connectivity index (χ0n) is 34.3. The number of allylic oxidation sites excluding steroid dienone is 2. The van der Waals surface area contributed by atoms with E-state index in [0.717, 1.165) is 57.8 Å². The van der Waals surface area contributed by atoms with Gasteiger partial charge >= 0.3 is 19.8 Å². The van der Waals surface area contributed by atoms with E-state index in [1.165, 1.54) is 109 Å². The number of aliphatic hydroxyl groups is 1. The van der Waals surface area contributed by atoms with Gasteiger partial charge in [0.2, 0.25) is 5.91 Å². The second-order valence-corrected chi connectivity index (χ2v) is 16.3. The maximum Gasteiger partial charge on any atom is 0.472 e. The number of unbranched alkanes of at least 4 members (excludes halogenated alkanes) is 25. The van der Waals surface area contributed by atoms with Crippen molar-refractivity contribution in [1.82, 2.24) is 5.32 Å². The fourth-order valence-corrected chi connectivity index (χ4v) is 6.96. The van der Waals surface area contributed by atoms with E-state index in [2.05, 4.69) is 31.3 Å². The summed E-state index contributed by atoms with van der Waals surface area (Å²) in [6.45, 7) is 2.42. The summed E-state index contributed by atoms with van der Waals surface area (Å²) >= 11 is 0. The molecule has 54 heavy (non-hydrogen) atoms. The van der Waals surface area contributed by atoms with E-state index in [0.29, 0.717) is 12.8 Å². The number of esters is 1. The first-order valence-corrected chi connectivity index (χ1v) is 23.2. The third kappa shape index (κ3) is 35.9. The van der Waals surface area contributed by atoms with Gasteiger partial charge in [-0.15, -0.1) is 0 Å². The molecular weight excluding hydrogens is 709 g/mol. The number of ether oxygens (including phenoxy) is 1. The van der Waals surface area contributed by atoms with Crippen LogP contribution in [0.25, 0.3) is 0 Å². The van der Waals surface area contributed by atoms with E-state index < -0.39 is 57.6 Å². The molecule has 11 nitrogen and oxygen atoms in total. The standard InChI is InChI=1S/C42H80NO10P/c1-3-5-7-9-11-13-15-17-19-21-23-25-27-29-31-33-40(45)43-39(42(47)48)37-52-54(49,50)51-36-38(35-44)53-41(46)34-32-30-28-26-24-22-20-18-16-14-12-10-8-6-4-2/h18,20,38-39,44H,3-17,19,21-37H2,1-2H3,(H,43,45)(H,47,48)(H,49,50)/b20-18-. The number of nitrogens with one attached hydrogen (secondary N) is 1. The molecule has 3 unspecified atom stereocenters. The van der Waals surface area contributed by atoms with Gasteiger partial charge < -0.3 is 25.2 Å². The molecular formula is C42H80NO10P. The average molecular weight is 790 g/mol. The predicted octanol–water partition coefficient (Wildman–Crippen LogP) is 10.9. The Balaban J connectivity index is 4.02. The smallest absolute Gasteiger partial charge is 0.472 e. The Labute approximate surface area is 328 Å². The molecule has 12 heteroatoms. The summed E-state index contributed by atoms with van der Waals surface area (Å²) in [6, 6.07) is -1.55. The zero-order valence-corrected chi connectivity index (χ0v) is 35.2. The van der Waals surface area contributed by atoms with Gasteiger partial charge in [-0.25, -0.2) is 9.36 Å². The summed E-state index contributed by atoms with van der Waals surface area (Å²) in [4.78, 5) is 46.2. The lowest BCUT2D eigenvalue weighted by Gasteiger charge is -2.20. The molecule has 0 aliphatic heterocycles. The summed E-state index contributed by atoms with van der Waals surface area (Å²) in [5.41, 5.74) is 0. The van der Waals surface area contributed by atoms with Gasteiger partial charge in [-0.05, 0) is 38.5 Å². The van der Waals surface area contributed by atoms with E-state index in [4.69, 9.17) is 13.8 Å². The minimum absolute atomic E-state index is 0.149. The van der Waals surface area contributed by atoms with Crippen LogP contribution in [0.5, 0.6) is 0 Å². The summed E-state index contributed by atoms with van der Waals surface area (Å²) < 4.78 is 27.2. The zero-order chi connectivity index (χ0) is 40.0. The first-order valence-electron chi connectivity index (χ1n) is 21.7. The number of carboxylic acids is 1. The summed E-state index contributed by atoms with van der Waals surface area (Å²) in [6.07, 6.45) is 36.5. The Morgan fingerprint density at radius 3 is 1.41 bits per heavy atom. The van der Waals surface area contributed by atoms with E-state index in [-0.39, 0.29) is 12.8 Å². The Bertz CT molecular complexity index is 979. The second kappa shape index (κ2) is 38.1. The van der Waals surface area contributed by atoms with Gasteiger partial charge in [0.05, 0.1) is 19.8 Å². The number of amides is 1. The highest BCUT2D eigenvalue weighted by Gasteiger charge is 2.29. The van der Waals surface area contributed by atoms with Crippen molar-refractivity contribution in [3.8, 4) is 0 Å². The molecule has 0 aromatic heterocycles. The molecule has 0 heterocycles. The third-order valence-corrected chi connectivity index (χ3v) is 10.6. The van der Waals surface area contributed by atoms with Gasteiger partial charge in [-0.1, -0.05) is 167 Å². The fraction of sp³-hybridized carbons (Fsp3) is 0.881. The molecule has 0 bridgehead atoms. The van der Waals surface area contributed by atoms with Crippen molar-refractivity contribution in [3.05, 3.63) is 12.2 Å². The Kier molecular flexibility index (Phi) is 36.9. The topological polar surface area (TPSA) is 169 Å². The second-order valence-electron chi connectivity index (χ2n) is 14.8. The van der Waals surface area contributed by atoms with Gasteiger partial charge in [0.1, 0.15) is 6.10 Å². The molecule has 0 saturated heterocycles. The van der Waals surface area contributed by atoms with E-state index in [1.807, 2.05) is 0 Å². The van der Waals surface area contributed by atoms with Crippen molar-refractivity contribution >= 4 is 25.7 Å². The van der Waals surface area contributed by atoms with Gasteiger partial charge in [0, 0.05) is 12.8 Å². The quantitative estimate of drug-likeness (QED) is 0.0202. The maximum absolute atomic E-state index is 12.4. The SMILES string of the molecule is CCCCCCCC/C=C\CCCCCCCC(=O)OC(CO)COP(=O)(O)OCC(NC(=O)CCCCCCCCCCCCCCCCC)C(=O)O. The first kappa shape index (κ1) is 52.2. The van der Waals surface area contributed by atoms with Crippen LogP contribution in [-0.4, -0.2) is 64.9 Å². The van der Waals surface area contributed by atoms with Gasteiger partial charge in [-0.3, -0.25) is 18.6 Å². The number of hydrogen-bond acceptors (Lipinski definition) is 8. The van der Waals surface area contributed by atoms with Crippen LogP contribution >= 0.6 is 7.82 Å². The summed E-state index contributed by atoms with van der Waals surface area (Å²) in [7, 11) is -4.77. The highest BCUT2D eigenvalue weighted by molar-refractivity contribution is 7.47. The molecule has 0 saturated carbocycles. The molecule has 0 aliphatic rings. The lowest BCUT2D eigenvalue weighted by Crippen LogP contribution is -2.43. The van der Waals surface area contributed by atoms with Crippen molar-refractivity contribution in [2.45, 2.75) is 219 Å². The van der Waals surface area contributed by atoms with Gasteiger partial charge in [-0.2, -0.15) is 0 Å². The van der Waals surface area contributed by atoms with Crippen LogP contribution < -0.4 is 5.32 Å². The van der Waals surface area contributed by atoms with Crippen LogP contribution in [0.3, 0.4) is 0 Å². The van der Waals surface area contributed by atoms with Crippen LogP contribution in [-0.2, 0) is 32.7 Å². The van der Waals surface area contributed by atoms with E-state index >= 15 is 0 Å². The number of rotatable bonds is 41. The molecule has 1 amide bonds. The summed E-state index contributed by atoms with van der Waals surface area (Å²) in [5, 5.41) is 21.4. The minimum Gasteiger partial charge on any atom is -0.480 e. The normalized spacial score (nSPS) is 13.9. The molecule has 0 radical (unpaired) electrons. The molecule has 0 rings (SSSR count). The maximum atomic E-state index is 12.4. The molecule has 0 aliphatic carbocycles. The molecule has 3 atom stereocenters. The lowest BCUT2D eigenvalue weighted by molar-refractivity contribution is -0.153. The van der Waals surface area contributed by atoms with Crippen molar-refractivity contribution in [3.63, 3.8) is 0 Å². The number of hydrogen-bond donors (Lipinski definition) is 4. The van der Waals surface area contributed by atoms with Crippen molar-refractivity contribution in [2.75, 3.05) is 19.8 Å². The largest absolute Gasteiger partial charge is 0.480 e. The number of carbonyl (C=O) groups is 3. The number of phosphoric acid groups is 1. The number of carbonyl (C=O) groups excluding carboxylic acids is 2. The van der Waals surface area contributed by atoms with Crippen LogP contribution in [0.15, 0.2) is 12.2 Å². The Morgan fingerprint density at radius 2 is 0.981 bits per heavy atom. The van der Waals surface area contributed by atoms with E-state index in [9.17, 15) is 34.1 Å². The molecule has 0 aromatic carbocycles. The molecule has 0 aromatic rings. The first-order chi connectivity index (χ1) is 26.1. The monoisotopic (exact) mass is 790 g/mol. The predicted molar refractivity (Wildman–Crippen MR) is 217 cm³/mol. The molecule has 0 spiro atoms. The van der Waals surface area contributed by atoms with Crippen molar-refractivity contribution in [1.29, 1.82) is 0 Å². The average Bonchev–Trinajstić information content (AvgIpc) is 3.14. The van der Waals surface area contributed by atoms with Crippen LogP contribution in [0.2, 0.25) is 0 Å². The molecule has 0 fully saturated rings. The number of aliphatic carboxylic acids is 1. The lowest BCUT2D eigenvalue weighted by atomic mass is 10.0. The molecule has 318 valence electrons. The third-order valence-electron chi connectivity index (χ3n) is 9.61.